The molecule has 0 aliphatic rings. The molecule has 0 heterocycles. The SMILES string of the molecule is O=[P+](Oc1ccccc1)c1ccc(OP(=O)(O)O)cc1. The second-order valence-electron chi connectivity index (χ2n) is 3.74. The normalized spacial score (nSPS) is 11.8. The van der Waals surface area contributed by atoms with Crippen molar-refractivity contribution in [3.05, 3.63) is 54.6 Å². The molecular weight excluding hydrogens is 302 g/mol. The zero-order valence-corrected chi connectivity index (χ0v) is 11.9. The highest BCUT2D eigenvalue weighted by molar-refractivity contribution is 7.48. The van der Waals surface area contributed by atoms with Crippen LogP contribution in [-0.4, -0.2) is 9.79 Å². The van der Waals surface area contributed by atoms with Gasteiger partial charge < -0.3 is 4.52 Å². The van der Waals surface area contributed by atoms with Crippen molar-refractivity contribution in [1.82, 2.24) is 0 Å². The first kappa shape index (κ1) is 14.7. The van der Waals surface area contributed by atoms with Gasteiger partial charge in [-0.2, -0.15) is 0 Å². The quantitative estimate of drug-likeness (QED) is 0.824. The van der Waals surface area contributed by atoms with E-state index in [9.17, 15) is 9.13 Å². The summed E-state index contributed by atoms with van der Waals surface area (Å²) in [5.74, 6) is 0.467. The molecule has 0 saturated heterocycles. The Morgan fingerprint density at radius 2 is 1.50 bits per heavy atom. The van der Waals surface area contributed by atoms with Gasteiger partial charge in [0.2, 0.25) is 5.30 Å². The molecule has 0 aliphatic heterocycles. The zero-order chi connectivity index (χ0) is 14.6. The van der Waals surface area contributed by atoms with Crippen LogP contribution in [0.2, 0.25) is 0 Å². The van der Waals surface area contributed by atoms with Crippen molar-refractivity contribution >= 4 is 21.2 Å². The van der Waals surface area contributed by atoms with Gasteiger partial charge in [0, 0.05) is 0 Å². The van der Waals surface area contributed by atoms with Crippen LogP contribution in [-0.2, 0) is 9.13 Å². The van der Waals surface area contributed by atoms with Gasteiger partial charge in [-0.25, -0.2) is 4.57 Å². The van der Waals surface area contributed by atoms with E-state index < -0.39 is 15.9 Å². The number of hydrogen-bond donors (Lipinski definition) is 2. The van der Waals surface area contributed by atoms with Gasteiger partial charge in [0.1, 0.15) is 5.75 Å². The van der Waals surface area contributed by atoms with E-state index in [2.05, 4.69) is 4.52 Å². The van der Waals surface area contributed by atoms with Gasteiger partial charge in [0.15, 0.2) is 5.75 Å². The summed E-state index contributed by atoms with van der Waals surface area (Å²) < 4.78 is 32.2. The molecule has 0 fully saturated rings. The topological polar surface area (TPSA) is 93.1 Å². The summed E-state index contributed by atoms with van der Waals surface area (Å²) in [7, 11) is -6.68. The third kappa shape index (κ3) is 4.44. The minimum absolute atomic E-state index is 0.00908. The smallest absolute Gasteiger partial charge is 0.404 e. The van der Waals surface area contributed by atoms with Gasteiger partial charge >= 0.3 is 15.9 Å². The molecule has 0 saturated carbocycles. The fourth-order valence-corrected chi connectivity index (χ4v) is 2.60. The van der Waals surface area contributed by atoms with Crippen LogP contribution in [0.15, 0.2) is 54.6 Å². The summed E-state index contributed by atoms with van der Waals surface area (Å²) in [6.07, 6.45) is 0. The van der Waals surface area contributed by atoms with Crippen LogP contribution < -0.4 is 14.4 Å². The summed E-state index contributed by atoms with van der Waals surface area (Å²) in [6, 6.07) is 14.2. The van der Waals surface area contributed by atoms with Gasteiger partial charge in [0.05, 0.1) is 0 Å². The van der Waals surface area contributed by atoms with Gasteiger partial charge in [0.25, 0.3) is 0 Å². The van der Waals surface area contributed by atoms with Gasteiger partial charge in [-0.05, 0) is 41.0 Å². The predicted molar refractivity (Wildman–Crippen MR) is 73.4 cm³/mol. The number of phosphoric ester groups is 1. The monoisotopic (exact) mass is 313 g/mol. The second-order valence-corrected chi connectivity index (χ2v) is 6.11. The standard InChI is InChI=1S/C12H10O6P2/c13-19(17-10-4-2-1-3-5-10)12-8-6-11(7-9-12)18-20(14,15)16/h1-9H,(H-,14,15,16)/p+1. The Morgan fingerprint density at radius 1 is 0.900 bits per heavy atom. The van der Waals surface area contributed by atoms with E-state index in [0.717, 1.165) is 0 Å². The first-order chi connectivity index (χ1) is 9.44. The molecule has 2 aromatic rings. The van der Waals surface area contributed by atoms with Crippen LogP contribution in [0.1, 0.15) is 0 Å². The fourth-order valence-electron chi connectivity index (χ4n) is 1.40. The highest BCUT2D eigenvalue weighted by atomic mass is 31.2. The van der Waals surface area contributed by atoms with E-state index in [1.165, 1.54) is 24.3 Å². The summed E-state index contributed by atoms with van der Waals surface area (Å²) in [4.78, 5) is 17.3. The molecule has 2 aromatic carbocycles. The Hall–Kier alpha value is -1.71. The summed E-state index contributed by atoms with van der Waals surface area (Å²) in [6.45, 7) is 0. The highest BCUT2D eigenvalue weighted by Crippen LogP contribution is 2.37. The number of benzene rings is 2. The van der Waals surface area contributed by atoms with Crippen LogP contribution in [0.5, 0.6) is 11.5 Å². The number of phosphoric acid groups is 1. The molecule has 104 valence electrons. The molecule has 0 aromatic heterocycles. The lowest BCUT2D eigenvalue weighted by Gasteiger charge is -2.05. The molecule has 0 aliphatic carbocycles. The molecule has 6 nitrogen and oxygen atoms in total. The van der Waals surface area contributed by atoms with Crippen molar-refractivity contribution in [2.45, 2.75) is 0 Å². The van der Waals surface area contributed by atoms with Crippen molar-refractivity contribution in [3.63, 3.8) is 0 Å². The van der Waals surface area contributed by atoms with Crippen LogP contribution >= 0.6 is 15.9 Å². The number of rotatable bonds is 5. The first-order valence-corrected chi connectivity index (χ1v) is 8.20. The van der Waals surface area contributed by atoms with Crippen molar-refractivity contribution in [3.8, 4) is 11.5 Å². The molecule has 0 radical (unpaired) electrons. The molecule has 0 spiro atoms. The second kappa shape index (κ2) is 6.16. The van der Waals surface area contributed by atoms with E-state index in [1.807, 2.05) is 6.07 Å². The maximum Gasteiger partial charge on any atom is 0.597 e. The van der Waals surface area contributed by atoms with Gasteiger partial charge in [-0.3, -0.25) is 14.3 Å². The Morgan fingerprint density at radius 3 is 2.05 bits per heavy atom. The zero-order valence-electron chi connectivity index (χ0n) is 10.1. The van der Waals surface area contributed by atoms with E-state index in [0.29, 0.717) is 11.1 Å². The predicted octanol–water partition coefficient (Wildman–Crippen LogP) is 2.60. The Bertz CT molecular complexity index is 635. The van der Waals surface area contributed by atoms with E-state index in [1.54, 1.807) is 24.3 Å². The molecular formula is C12H11O6P2+. The van der Waals surface area contributed by atoms with Crippen LogP contribution in [0.25, 0.3) is 0 Å². The van der Waals surface area contributed by atoms with Gasteiger partial charge in [-0.15, -0.1) is 0 Å². The maximum absolute atomic E-state index is 11.9. The minimum atomic E-state index is -4.59. The summed E-state index contributed by atoms with van der Waals surface area (Å²) in [5.41, 5.74) is 0. The summed E-state index contributed by atoms with van der Waals surface area (Å²) in [5, 5.41) is 0.391. The van der Waals surface area contributed by atoms with Crippen LogP contribution in [0.4, 0.5) is 0 Å². The highest BCUT2D eigenvalue weighted by Gasteiger charge is 2.24. The Kier molecular flexibility index (Phi) is 4.53. The van der Waals surface area contributed by atoms with Crippen molar-refractivity contribution in [2.24, 2.45) is 0 Å². The summed E-state index contributed by atoms with van der Waals surface area (Å²) >= 11 is 0. The number of hydrogen-bond acceptors (Lipinski definition) is 4. The lowest BCUT2D eigenvalue weighted by atomic mass is 10.3. The van der Waals surface area contributed by atoms with Gasteiger partial charge in [-0.1, -0.05) is 18.2 Å². The molecule has 2 N–H and O–H groups in total. The molecule has 0 bridgehead atoms. The Labute approximate surface area is 116 Å². The molecule has 8 heteroatoms. The molecule has 0 amide bonds. The van der Waals surface area contributed by atoms with Crippen LogP contribution in [0, 0.1) is 0 Å². The fraction of sp³-hybridized carbons (Fsp3) is 0. The van der Waals surface area contributed by atoms with Crippen molar-refractivity contribution < 1.29 is 28.0 Å². The van der Waals surface area contributed by atoms with E-state index >= 15 is 0 Å². The minimum Gasteiger partial charge on any atom is -0.404 e. The average molecular weight is 313 g/mol. The van der Waals surface area contributed by atoms with Crippen LogP contribution in [0.3, 0.4) is 0 Å². The van der Waals surface area contributed by atoms with E-state index in [4.69, 9.17) is 14.3 Å². The lowest BCUT2D eigenvalue weighted by Crippen LogP contribution is -2.00. The van der Waals surface area contributed by atoms with E-state index in [-0.39, 0.29) is 5.75 Å². The Balaban J connectivity index is 2.06. The molecule has 2 rings (SSSR count). The lowest BCUT2D eigenvalue weighted by molar-refractivity contribution is 0.283. The third-order valence-corrected chi connectivity index (χ3v) is 3.75. The first-order valence-electron chi connectivity index (χ1n) is 5.49. The average Bonchev–Trinajstić information content (AvgIpc) is 2.39. The van der Waals surface area contributed by atoms with Crippen molar-refractivity contribution in [1.29, 1.82) is 0 Å². The largest absolute Gasteiger partial charge is 0.597 e. The molecule has 20 heavy (non-hydrogen) atoms. The molecule has 1 unspecified atom stereocenters. The number of para-hydroxylation sites is 1. The molecule has 1 atom stereocenters. The maximum atomic E-state index is 11.9. The third-order valence-electron chi connectivity index (χ3n) is 2.20. The van der Waals surface area contributed by atoms with Crippen molar-refractivity contribution in [2.75, 3.05) is 0 Å².